The van der Waals surface area contributed by atoms with Crippen molar-refractivity contribution in [1.29, 1.82) is 0 Å². The van der Waals surface area contributed by atoms with Crippen molar-refractivity contribution in [3.63, 3.8) is 0 Å². The van der Waals surface area contributed by atoms with Gasteiger partial charge in [0.15, 0.2) is 5.82 Å². The van der Waals surface area contributed by atoms with Crippen LogP contribution in [0.1, 0.15) is 78.1 Å². The van der Waals surface area contributed by atoms with Gasteiger partial charge < -0.3 is 40.7 Å². The highest BCUT2D eigenvalue weighted by Gasteiger charge is 2.42. The summed E-state index contributed by atoms with van der Waals surface area (Å²) in [5, 5.41) is 14.2. The summed E-state index contributed by atoms with van der Waals surface area (Å²) < 4.78 is 5.62. The Morgan fingerprint density at radius 3 is 2.57 bits per heavy atom. The number of carbonyl (C=O) groups excluding carboxylic acids is 6. The minimum atomic E-state index is -0.753. The lowest BCUT2D eigenvalue weighted by Crippen LogP contribution is -2.55. The average Bonchev–Trinajstić information content (AvgIpc) is 3.85. The Labute approximate surface area is 323 Å². The molecule has 1 aromatic heterocycles. The highest BCUT2D eigenvalue weighted by atomic mass is 16.5. The summed E-state index contributed by atoms with van der Waals surface area (Å²) in [6.07, 6.45) is 7.00. The van der Waals surface area contributed by atoms with E-state index < -0.39 is 11.9 Å². The smallest absolute Gasteiger partial charge is 0.255 e. The lowest BCUT2D eigenvalue weighted by Gasteiger charge is -2.43. The van der Waals surface area contributed by atoms with E-state index in [4.69, 9.17) is 9.72 Å². The van der Waals surface area contributed by atoms with Gasteiger partial charge in [-0.05, 0) is 56.0 Å². The first kappa shape index (κ1) is 38.2. The van der Waals surface area contributed by atoms with Crippen LogP contribution in [0.25, 0.3) is 0 Å². The van der Waals surface area contributed by atoms with Gasteiger partial charge in [0.05, 0.1) is 25.5 Å². The predicted molar refractivity (Wildman–Crippen MR) is 207 cm³/mol. The van der Waals surface area contributed by atoms with Gasteiger partial charge >= 0.3 is 0 Å². The van der Waals surface area contributed by atoms with Gasteiger partial charge in [0.1, 0.15) is 23.5 Å². The number of hydrogen-bond donors (Lipinski definition) is 5. The Morgan fingerprint density at radius 1 is 1.02 bits per heavy atom. The first-order valence-corrected chi connectivity index (χ1v) is 19.0. The number of piperidine rings is 1. The summed E-state index contributed by atoms with van der Waals surface area (Å²) >= 11 is 0. The van der Waals surface area contributed by atoms with Gasteiger partial charge in [0, 0.05) is 61.5 Å². The average molecular weight is 767 g/mol. The summed E-state index contributed by atoms with van der Waals surface area (Å²) in [4.78, 5) is 90.8. The molecule has 0 spiro atoms. The van der Waals surface area contributed by atoms with E-state index in [2.05, 4.69) is 36.5 Å². The van der Waals surface area contributed by atoms with Crippen LogP contribution in [0.3, 0.4) is 0 Å². The van der Waals surface area contributed by atoms with Crippen LogP contribution < -0.4 is 41.1 Å². The van der Waals surface area contributed by atoms with E-state index in [0.717, 1.165) is 31.5 Å². The molecule has 6 amide bonds. The quantitative estimate of drug-likeness (QED) is 0.126. The zero-order chi connectivity index (χ0) is 39.5. The van der Waals surface area contributed by atoms with E-state index in [1.807, 2.05) is 6.92 Å². The molecule has 294 valence electrons. The van der Waals surface area contributed by atoms with Crippen LogP contribution in [-0.4, -0.2) is 102 Å². The molecular formula is C39H46N10O7. The van der Waals surface area contributed by atoms with Crippen LogP contribution in [0.5, 0.6) is 5.75 Å². The summed E-state index contributed by atoms with van der Waals surface area (Å²) in [7, 11) is 3.27. The molecule has 3 aliphatic heterocycles. The number of ether oxygens (including phenoxy) is 1. The fourth-order valence-corrected chi connectivity index (χ4v) is 7.97. The van der Waals surface area contributed by atoms with E-state index in [1.54, 1.807) is 54.5 Å². The summed E-state index contributed by atoms with van der Waals surface area (Å²) in [5.74, 6) is -0.339. The molecule has 1 saturated carbocycles. The third-order valence-corrected chi connectivity index (χ3v) is 10.9. The number of nitrogens with one attached hydrogen (secondary N) is 5. The topological polar surface area (TPSA) is 207 Å². The standard InChI is InChI=1S/C39H46N10O7/c1-4-28-38(55)47(2)30-19-42-39(46-34(30)49(28)23-8-5-6-9-23)44-27-13-12-22(18-31(27)56-3)35(52)41-17-16-40-20-33(51)43-26-11-7-10-24-25(26)21-48(37(24)54)29-14-15-32(50)45-36(29)53/h7,10-13,18-19,23,28-29,40H,4-6,8-9,14-17,20-21H2,1-3H3,(H,41,52)(H,43,51)(H,42,44,46)(H,45,50,53)/t28-,29?/m1/s1. The summed E-state index contributed by atoms with van der Waals surface area (Å²) in [6.45, 7) is 2.65. The zero-order valence-corrected chi connectivity index (χ0v) is 31.6. The minimum Gasteiger partial charge on any atom is -0.495 e. The number of nitrogens with zero attached hydrogens (tertiary/aromatic N) is 5. The molecule has 4 heterocycles. The van der Waals surface area contributed by atoms with Crippen molar-refractivity contribution < 1.29 is 33.5 Å². The highest BCUT2D eigenvalue weighted by molar-refractivity contribution is 6.07. The first-order valence-electron chi connectivity index (χ1n) is 19.0. The van der Waals surface area contributed by atoms with Crippen molar-refractivity contribution in [2.75, 3.05) is 54.2 Å². The van der Waals surface area contributed by atoms with Crippen LogP contribution in [0.15, 0.2) is 42.6 Å². The van der Waals surface area contributed by atoms with Gasteiger partial charge in [-0.1, -0.05) is 25.8 Å². The number of rotatable bonds is 13. The van der Waals surface area contributed by atoms with E-state index >= 15 is 0 Å². The van der Waals surface area contributed by atoms with Crippen LogP contribution in [-0.2, 0) is 25.7 Å². The maximum atomic E-state index is 13.2. The zero-order valence-electron chi connectivity index (χ0n) is 31.6. The Morgan fingerprint density at radius 2 is 1.82 bits per heavy atom. The number of methoxy groups -OCH3 is 1. The number of carbonyl (C=O) groups is 6. The molecule has 17 nitrogen and oxygen atoms in total. The van der Waals surface area contributed by atoms with E-state index in [9.17, 15) is 28.8 Å². The second kappa shape index (κ2) is 16.3. The number of fused-ring (bicyclic) bond motifs is 2. The molecule has 4 aliphatic rings. The molecule has 2 atom stereocenters. The Hall–Kier alpha value is -6.10. The molecule has 3 aromatic rings. The van der Waals surface area contributed by atoms with Gasteiger partial charge in [-0.2, -0.15) is 4.98 Å². The third-order valence-electron chi connectivity index (χ3n) is 10.9. The first-order chi connectivity index (χ1) is 27.1. The monoisotopic (exact) mass is 766 g/mol. The lowest BCUT2D eigenvalue weighted by atomic mass is 10.0. The van der Waals surface area contributed by atoms with E-state index in [0.29, 0.717) is 58.4 Å². The molecule has 1 saturated heterocycles. The number of benzene rings is 2. The fraction of sp³-hybridized carbons (Fsp3) is 0.436. The molecule has 2 fully saturated rings. The number of anilines is 5. The van der Waals surface area contributed by atoms with Gasteiger partial charge in [-0.15, -0.1) is 0 Å². The number of imide groups is 1. The number of amides is 6. The maximum absolute atomic E-state index is 13.2. The molecule has 0 radical (unpaired) electrons. The van der Waals surface area contributed by atoms with Crippen LogP contribution in [0.2, 0.25) is 0 Å². The van der Waals surface area contributed by atoms with Crippen molar-refractivity contribution in [2.45, 2.75) is 76.5 Å². The van der Waals surface area contributed by atoms with Gasteiger partial charge in [0.25, 0.3) is 11.8 Å². The van der Waals surface area contributed by atoms with Gasteiger partial charge in [0.2, 0.25) is 29.6 Å². The van der Waals surface area contributed by atoms with Crippen molar-refractivity contribution >= 4 is 64.3 Å². The minimum absolute atomic E-state index is 0.0429. The number of aromatic nitrogens is 2. The highest BCUT2D eigenvalue weighted by Crippen LogP contribution is 2.40. The van der Waals surface area contributed by atoms with Gasteiger partial charge in [-0.3, -0.25) is 34.1 Å². The predicted octanol–water partition coefficient (Wildman–Crippen LogP) is 2.45. The summed E-state index contributed by atoms with van der Waals surface area (Å²) in [6, 6.07) is 9.20. The fourth-order valence-electron chi connectivity index (χ4n) is 7.97. The van der Waals surface area contributed by atoms with E-state index in [1.165, 1.54) is 12.0 Å². The molecule has 1 unspecified atom stereocenters. The molecule has 7 rings (SSSR count). The normalized spacial score (nSPS) is 19.4. The SMILES string of the molecule is CC[C@@H]1C(=O)N(C)c2cnc(Nc3ccc(C(=O)NCCNCC(=O)Nc4cccc5c4CN(C4CCC(=O)NC4=O)C5=O)cc3OC)nc2N1C1CCCC1. The molecule has 17 heteroatoms. The second-order valence-corrected chi connectivity index (χ2v) is 14.3. The Kier molecular flexibility index (Phi) is 11.1. The van der Waals surface area contributed by atoms with E-state index in [-0.39, 0.29) is 74.1 Å². The third kappa shape index (κ3) is 7.58. The lowest BCUT2D eigenvalue weighted by molar-refractivity contribution is -0.137. The van der Waals surface area contributed by atoms with Crippen molar-refractivity contribution in [1.82, 2.24) is 30.8 Å². The van der Waals surface area contributed by atoms with Gasteiger partial charge in [-0.25, -0.2) is 4.98 Å². The number of likely N-dealkylation sites (N-methyl/N-ethyl adjacent to an activating group) is 1. The van der Waals surface area contributed by atoms with Crippen molar-refractivity contribution in [2.24, 2.45) is 0 Å². The Balaban J connectivity index is 0.910. The van der Waals surface area contributed by atoms with Crippen LogP contribution >= 0.6 is 0 Å². The molecular weight excluding hydrogens is 720 g/mol. The molecule has 56 heavy (non-hydrogen) atoms. The molecule has 0 bridgehead atoms. The molecule has 2 aromatic carbocycles. The second-order valence-electron chi connectivity index (χ2n) is 14.3. The largest absolute Gasteiger partial charge is 0.495 e. The van der Waals surface area contributed by atoms with Crippen molar-refractivity contribution in [3.8, 4) is 5.75 Å². The van der Waals surface area contributed by atoms with Crippen LogP contribution in [0, 0.1) is 0 Å². The Bertz CT molecular complexity index is 2070. The number of hydrogen-bond acceptors (Lipinski definition) is 12. The maximum Gasteiger partial charge on any atom is 0.255 e. The van der Waals surface area contributed by atoms with Crippen molar-refractivity contribution in [3.05, 3.63) is 59.3 Å². The van der Waals surface area contributed by atoms with Crippen LogP contribution in [0.4, 0.5) is 28.8 Å². The molecule has 1 aliphatic carbocycles. The molecule has 5 N–H and O–H groups in total. The summed E-state index contributed by atoms with van der Waals surface area (Å²) in [5.41, 5.74) is 3.08.